The van der Waals surface area contributed by atoms with Crippen molar-refractivity contribution in [2.45, 2.75) is 6.54 Å². The molecule has 0 bridgehead atoms. The number of halogens is 2. The Hall–Kier alpha value is -3.06. The molecule has 0 fully saturated rings. The molecule has 6 nitrogen and oxygen atoms in total. The van der Waals surface area contributed by atoms with Gasteiger partial charge < -0.3 is 14.8 Å². The quantitative estimate of drug-likeness (QED) is 0.745. The Balaban J connectivity index is 1.50. The Morgan fingerprint density at radius 3 is 2.81 bits per heavy atom. The second-order valence-corrected chi connectivity index (χ2v) is 6.32. The number of fused-ring (bicyclic) bond motifs is 1. The van der Waals surface area contributed by atoms with E-state index in [0.717, 1.165) is 5.56 Å². The summed E-state index contributed by atoms with van der Waals surface area (Å²) in [5.74, 6) is 0.421. The lowest BCUT2D eigenvalue weighted by atomic mass is 10.2. The summed E-state index contributed by atoms with van der Waals surface area (Å²) in [6.07, 6.45) is 2.96. The molecule has 0 saturated heterocycles. The van der Waals surface area contributed by atoms with Gasteiger partial charge in [-0.1, -0.05) is 11.6 Å². The molecule has 0 radical (unpaired) electrons. The van der Waals surface area contributed by atoms with Crippen LogP contribution in [0.3, 0.4) is 0 Å². The van der Waals surface area contributed by atoms with E-state index in [1.807, 2.05) is 0 Å². The zero-order valence-electron chi connectivity index (χ0n) is 14.1. The molecule has 138 valence electrons. The number of nitrogens with one attached hydrogen (secondary N) is 1. The monoisotopic (exact) mass is 387 g/mol. The van der Waals surface area contributed by atoms with Gasteiger partial charge in [0.1, 0.15) is 24.7 Å². The number of benzene rings is 2. The normalized spacial score (nSPS) is 12.7. The minimum Gasteiger partial charge on any atom is -0.486 e. The second kappa shape index (κ2) is 7.28. The van der Waals surface area contributed by atoms with Gasteiger partial charge in [0.05, 0.1) is 17.5 Å². The molecular weight excluding hydrogens is 373 g/mol. The number of amides is 1. The minimum atomic E-state index is -0.347. The Bertz CT molecular complexity index is 988. The summed E-state index contributed by atoms with van der Waals surface area (Å²) in [6, 6.07) is 9.33. The fourth-order valence-electron chi connectivity index (χ4n) is 2.81. The molecule has 3 aromatic rings. The van der Waals surface area contributed by atoms with Crippen LogP contribution in [0.4, 0.5) is 4.39 Å². The van der Waals surface area contributed by atoms with E-state index in [1.165, 1.54) is 24.7 Å². The van der Waals surface area contributed by atoms with Crippen molar-refractivity contribution in [3.63, 3.8) is 0 Å². The first-order valence-corrected chi connectivity index (χ1v) is 8.64. The fraction of sp³-hybridized carbons (Fsp3) is 0.158. The van der Waals surface area contributed by atoms with Crippen LogP contribution in [0.1, 0.15) is 16.1 Å². The van der Waals surface area contributed by atoms with Crippen molar-refractivity contribution in [1.82, 2.24) is 14.9 Å². The van der Waals surface area contributed by atoms with Crippen molar-refractivity contribution in [3.05, 3.63) is 71.0 Å². The van der Waals surface area contributed by atoms with E-state index in [9.17, 15) is 9.18 Å². The van der Waals surface area contributed by atoms with Crippen LogP contribution in [-0.4, -0.2) is 28.7 Å². The number of hydrogen-bond donors (Lipinski definition) is 1. The van der Waals surface area contributed by atoms with Crippen LogP contribution in [0, 0.1) is 5.82 Å². The van der Waals surface area contributed by atoms with Crippen molar-refractivity contribution in [1.29, 1.82) is 0 Å². The Kier molecular flexibility index (Phi) is 4.68. The molecule has 0 atom stereocenters. The summed E-state index contributed by atoms with van der Waals surface area (Å²) in [6.45, 7) is 1.16. The third kappa shape index (κ3) is 3.59. The molecule has 1 aromatic heterocycles. The first-order valence-electron chi connectivity index (χ1n) is 8.26. The maximum absolute atomic E-state index is 13.1. The van der Waals surface area contributed by atoms with E-state index in [2.05, 4.69) is 10.3 Å². The zero-order valence-corrected chi connectivity index (χ0v) is 14.9. The number of hydrogen-bond acceptors (Lipinski definition) is 4. The molecule has 4 rings (SSSR count). The van der Waals surface area contributed by atoms with E-state index in [1.54, 1.807) is 28.8 Å². The van der Waals surface area contributed by atoms with E-state index < -0.39 is 0 Å². The Morgan fingerprint density at radius 1 is 1.22 bits per heavy atom. The van der Waals surface area contributed by atoms with Crippen LogP contribution in [0.25, 0.3) is 5.69 Å². The molecule has 0 unspecified atom stereocenters. The molecule has 1 amide bonds. The van der Waals surface area contributed by atoms with Crippen molar-refractivity contribution in [3.8, 4) is 17.2 Å². The van der Waals surface area contributed by atoms with Crippen LogP contribution in [0.15, 0.2) is 48.9 Å². The van der Waals surface area contributed by atoms with E-state index in [0.29, 0.717) is 41.1 Å². The number of aromatic nitrogens is 2. The predicted octanol–water partition coefficient (Wildman–Crippen LogP) is 3.37. The maximum atomic E-state index is 13.1. The maximum Gasteiger partial charge on any atom is 0.270 e. The van der Waals surface area contributed by atoms with Crippen molar-refractivity contribution in [2.24, 2.45) is 0 Å². The highest BCUT2D eigenvalue weighted by Gasteiger charge is 2.18. The number of nitrogens with zero attached hydrogens (tertiary/aromatic N) is 2. The minimum absolute atomic E-state index is 0.254. The summed E-state index contributed by atoms with van der Waals surface area (Å²) < 4.78 is 25.7. The lowest BCUT2D eigenvalue weighted by molar-refractivity contribution is 0.0944. The first kappa shape index (κ1) is 17.4. The van der Waals surface area contributed by atoms with E-state index in [4.69, 9.17) is 21.1 Å². The smallest absolute Gasteiger partial charge is 0.270 e. The van der Waals surface area contributed by atoms with Gasteiger partial charge in [0.2, 0.25) is 0 Å². The van der Waals surface area contributed by atoms with Gasteiger partial charge in [0.15, 0.2) is 11.5 Å². The molecule has 1 N–H and O–H groups in total. The summed E-state index contributed by atoms with van der Waals surface area (Å²) in [7, 11) is 0. The molecule has 0 saturated carbocycles. The van der Waals surface area contributed by atoms with Crippen LogP contribution >= 0.6 is 11.6 Å². The van der Waals surface area contributed by atoms with Crippen LogP contribution < -0.4 is 14.8 Å². The molecule has 1 aliphatic heterocycles. The average molecular weight is 388 g/mol. The van der Waals surface area contributed by atoms with Crippen LogP contribution in [0.2, 0.25) is 5.02 Å². The van der Waals surface area contributed by atoms with Gasteiger partial charge >= 0.3 is 0 Å². The Morgan fingerprint density at radius 2 is 2.00 bits per heavy atom. The van der Waals surface area contributed by atoms with E-state index >= 15 is 0 Å². The third-order valence-corrected chi connectivity index (χ3v) is 4.37. The molecule has 0 spiro atoms. The van der Waals surface area contributed by atoms with Crippen molar-refractivity contribution >= 4 is 17.5 Å². The molecule has 1 aliphatic rings. The van der Waals surface area contributed by atoms with Crippen molar-refractivity contribution in [2.75, 3.05) is 13.2 Å². The second-order valence-electron chi connectivity index (χ2n) is 5.91. The summed E-state index contributed by atoms with van der Waals surface area (Å²) in [5, 5.41) is 3.27. The lowest BCUT2D eigenvalue weighted by Crippen LogP contribution is -2.25. The average Bonchev–Trinajstić information content (AvgIpc) is 3.17. The first-order chi connectivity index (χ1) is 13.1. The summed E-state index contributed by atoms with van der Waals surface area (Å²) in [4.78, 5) is 16.6. The highest BCUT2D eigenvalue weighted by Crippen LogP contribution is 2.38. The Labute approximate surface area is 159 Å². The van der Waals surface area contributed by atoms with Gasteiger partial charge in [-0.05, 0) is 42.0 Å². The third-order valence-electron chi connectivity index (χ3n) is 4.09. The van der Waals surface area contributed by atoms with Gasteiger partial charge in [-0.25, -0.2) is 9.37 Å². The fourth-order valence-corrected chi connectivity index (χ4v) is 3.10. The number of imidazole rings is 1. The highest BCUT2D eigenvalue weighted by molar-refractivity contribution is 6.32. The van der Waals surface area contributed by atoms with Crippen LogP contribution in [-0.2, 0) is 6.54 Å². The summed E-state index contributed by atoms with van der Waals surface area (Å²) in [5.41, 5.74) is 1.76. The van der Waals surface area contributed by atoms with Crippen molar-refractivity contribution < 1.29 is 18.7 Å². The van der Waals surface area contributed by atoms with Gasteiger partial charge in [-0.2, -0.15) is 0 Å². The number of carbonyl (C=O) groups is 1. The lowest BCUT2D eigenvalue weighted by Gasteiger charge is -2.20. The molecule has 8 heteroatoms. The largest absolute Gasteiger partial charge is 0.486 e. The zero-order chi connectivity index (χ0) is 18.8. The number of rotatable bonds is 4. The standard InChI is InChI=1S/C19H15ClFN3O3/c20-15-7-12(8-17-18(15)27-6-5-26-17)9-23-19(25)16-10-22-11-24(16)14-3-1-13(21)2-4-14/h1-4,7-8,10-11H,5-6,9H2,(H,23,25). The van der Waals surface area contributed by atoms with E-state index in [-0.39, 0.29) is 18.3 Å². The van der Waals surface area contributed by atoms with Gasteiger partial charge in [-0.3, -0.25) is 9.36 Å². The number of ether oxygens (including phenoxy) is 2. The highest BCUT2D eigenvalue weighted by atomic mass is 35.5. The SMILES string of the molecule is O=C(NCc1cc(Cl)c2c(c1)OCCO2)c1cncn1-c1ccc(F)cc1. The predicted molar refractivity (Wildman–Crippen MR) is 97.1 cm³/mol. The van der Waals surface area contributed by atoms with Gasteiger partial charge in [-0.15, -0.1) is 0 Å². The van der Waals surface area contributed by atoms with Crippen LogP contribution in [0.5, 0.6) is 11.5 Å². The van der Waals surface area contributed by atoms with Gasteiger partial charge in [0.25, 0.3) is 5.91 Å². The molecule has 2 aromatic carbocycles. The molecular formula is C19H15ClFN3O3. The van der Waals surface area contributed by atoms with Gasteiger partial charge in [0, 0.05) is 12.2 Å². The molecule has 2 heterocycles. The molecule has 0 aliphatic carbocycles. The molecule has 27 heavy (non-hydrogen) atoms. The summed E-state index contributed by atoms with van der Waals surface area (Å²) >= 11 is 6.22. The number of carbonyl (C=O) groups excluding carboxylic acids is 1. The topological polar surface area (TPSA) is 65.4 Å².